The van der Waals surface area contributed by atoms with Crippen molar-refractivity contribution in [2.75, 3.05) is 21.3 Å². The van der Waals surface area contributed by atoms with E-state index >= 15 is 0 Å². The molecule has 1 aromatic heterocycles. The van der Waals surface area contributed by atoms with Crippen LogP contribution in [0, 0.1) is 0 Å². The summed E-state index contributed by atoms with van der Waals surface area (Å²) in [6, 6.07) is 3.46. The van der Waals surface area contributed by atoms with E-state index < -0.39 is 5.97 Å². The van der Waals surface area contributed by atoms with Gasteiger partial charge in [0.1, 0.15) is 0 Å². The summed E-state index contributed by atoms with van der Waals surface area (Å²) in [6.45, 7) is 0. The fraction of sp³-hybridized carbons (Fsp3) is 0.400. The molecule has 0 amide bonds. The van der Waals surface area contributed by atoms with Crippen molar-refractivity contribution in [2.45, 2.75) is 19.3 Å². The van der Waals surface area contributed by atoms with Crippen LogP contribution in [0.2, 0.25) is 0 Å². The van der Waals surface area contributed by atoms with Crippen LogP contribution < -0.4 is 14.2 Å². The SMILES string of the molecule is COc1ccc(-c2noc(CCCC(=O)O)n2)c(OC)c1OC. The van der Waals surface area contributed by atoms with Gasteiger partial charge in [-0.05, 0) is 18.6 Å². The summed E-state index contributed by atoms with van der Waals surface area (Å²) in [5.74, 6) is 1.25. The molecule has 0 aliphatic carbocycles. The fourth-order valence-electron chi connectivity index (χ4n) is 2.13. The third-order valence-electron chi connectivity index (χ3n) is 3.19. The third kappa shape index (κ3) is 3.71. The highest BCUT2D eigenvalue weighted by molar-refractivity contribution is 5.72. The van der Waals surface area contributed by atoms with E-state index in [1.807, 2.05) is 0 Å². The Morgan fingerprint density at radius 1 is 1.17 bits per heavy atom. The van der Waals surface area contributed by atoms with Crippen LogP contribution in [0.5, 0.6) is 17.2 Å². The van der Waals surface area contributed by atoms with Crippen molar-refractivity contribution >= 4 is 5.97 Å². The van der Waals surface area contributed by atoms with E-state index in [9.17, 15) is 4.79 Å². The Kier molecular flexibility index (Phi) is 5.40. The van der Waals surface area contributed by atoms with Gasteiger partial charge in [0, 0.05) is 12.8 Å². The quantitative estimate of drug-likeness (QED) is 0.788. The Bertz CT molecular complexity index is 683. The van der Waals surface area contributed by atoms with Crippen molar-refractivity contribution in [1.29, 1.82) is 0 Å². The summed E-state index contributed by atoms with van der Waals surface area (Å²) in [5, 5.41) is 12.6. The van der Waals surface area contributed by atoms with Crippen LogP contribution >= 0.6 is 0 Å². The number of aryl methyl sites for hydroxylation is 1. The minimum absolute atomic E-state index is 0.0530. The van der Waals surface area contributed by atoms with Gasteiger partial charge in [-0.1, -0.05) is 5.16 Å². The number of rotatable bonds is 8. The van der Waals surface area contributed by atoms with Crippen molar-refractivity contribution < 1.29 is 28.6 Å². The largest absolute Gasteiger partial charge is 0.493 e. The minimum atomic E-state index is -0.855. The Morgan fingerprint density at radius 3 is 2.52 bits per heavy atom. The smallest absolute Gasteiger partial charge is 0.303 e. The average Bonchev–Trinajstić information content (AvgIpc) is 3.01. The summed E-state index contributed by atoms with van der Waals surface area (Å²) in [5.41, 5.74) is 0.596. The number of ether oxygens (including phenoxy) is 3. The van der Waals surface area contributed by atoms with Gasteiger partial charge in [0.2, 0.25) is 17.5 Å². The molecule has 1 aromatic carbocycles. The zero-order valence-electron chi connectivity index (χ0n) is 13.2. The Balaban J connectivity index is 2.28. The maximum atomic E-state index is 10.5. The molecule has 8 heteroatoms. The third-order valence-corrected chi connectivity index (χ3v) is 3.19. The van der Waals surface area contributed by atoms with Crippen molar-refractivity contribution in [3.05, 3.63) is 18.0 Å². The van der Waals surface area contributed by atoms with Gasteiger partial charge in [-0.3, -0.25) is 4.79 Å². The second kappa shape index (κ2) is 7.48. The highest BCUT2D eigenvalue weighted by atomic mass is 16.5. The summed E-state index contributed by atoms with van der Waals surface area (Å²) < 4.78 is 21.1. The van der Waals surface area contributed by atoms with Crippen LogP contribution in [0.1, 0.15) is 18.7 Å². The molecule has 0 bridgehead atoms. The molecule has 0 atom stereocenters. The Hall–Kier alpha value is -2.77. The second-order valence-electron chi connectivity index (χ2n) is 4.64. The fourth-order valence-corrected chi connectivity index (χ4v) is 2.13. The number of nitrogens with zero attached hydrogens (tertiary/aromatic N) is 2. The molecule has 0 aliphatic rings. The summed E-state index contributed by atoms with van der Waals surface area (Å²) >= 11 is 0. The monoisotopic (exact) mass is 322 g/mol. The number of carbonyl (C=O) groups is 1. The molecule has 23 heavy (non-hydrogen) atoms. The predicted molar refractivity (Wildman–Crippen MR) is 80.0 cm³/mol. The van der Waals surface area contributed by atoms with Gasteiger partial charge in [-0.15, -0.1) is 0 Å². The first-order valence-corrected chi connectivity index (χ1v) is 6.94. The summed E-state index contributed by atoms with van der Waals surface area (Å²) in [4.78, 5) is 14.8. The van der Waals surface area contributed by atoms with E-state index in [4.69, 9.17) is 23.8 Å². The topological polar surface area (TPSA) is 104 Å². The Morgan fingerprint density at radius 2 is 1.91 bits per heavy atom. The molecule has 124 valence electrons. The van der Waals surface area contributed by atoms with Crippen LogP contribution in [-0.2, 0) is 11.2 Å². The van der Waals surface area contributed by atoms with Crippen molar-refractivity contribution in [3.8, 4) is 28.6 Å². The zero-order valence-corrected chi connectivity index (χ0v) is 13.2. The van der Waals surface area contributed by atoms with Crippen molar-refractivity contribution in [3.63, 3.8) is 0 Å². The van der Waals surface area contributed by atoms with Crippen LogP contribution in [0.4, 0.5) is 0 Å². The van der Waals surface area contributed by atoms with Crippen LogP contribution in [0.15, 0.2) is 16.7 Å². The van der Waals surface area contributed by atoms with E-state index in [0.717, 1.165) is 0 Å². The lowest BCUT2D eigenvalue weighted by Gasteiger charge is -2.13. The van der Waals surface area contributed by atoms with E-state index in [1.54, 1.807) is 12.1 Å². The van der Waals surface area contributed by atoms with Gasteiger partial charge in [0.25, 0.3) is 0 Å². The first-order chi connectivity index (χ1) is 11.1. The molecule has 1 heterocycles. The molecule has 8 nitrogen and oxygen atoms in total. The zero-order chi connectivity index (χ0) is 16.8. The molecule has 1 N–H and O–H groups in total. The molecule has 0 radical (unpaired) electrons. The minimum Gasteiger partial charge on any atom is -0.493 e. The maximum absolute atomic E-state index is 10.5. The standard InChI is InChI=1S/C15H18N2O6/c1-20-10-8-7-9(13(21-2)14(10)22-3)15-16-11(23-17-15)5-4-6-12(18)19/h7-8H,4-6H2,1-3H3,(H,18,19). The molecule has 0 spiro atoms. The average molecular weight is 322 g/mol. The van der Waals surface area contributed by atoms with Crippen LogP contribution in [0.3, 0.4) is 0 Å². The number of hydrogen-bond acceptors (Lipinski definition) is 7. The van der Waals surface area contributed by atoms with Gasteiger partial charge >= 0.3 is 5.97 Å². The number of aromatic nitrogens is 2. The molecule has 0 aliphatic heterocycles. The van der Waals surface area contributed by atoms with Gasteiger partial charge in [0.15, 0.2) is 11.5 Å². The number of hydrogen-bond donors (Lipinski definition) is 1. The maximum Gasteiger partial charge on any atom is 0.303 e. The van der Waals surface area contributed by atoms with E-state index in [1.165, 1.54) is 21.3 Å². The molecule has 0 fully saturated rings. The van der Waals surface area contributed by atoms with Gasteiger partial charge in [-0.25, -0.2) is 0 Å². The molecule has 0 saturated heterocycles. The van der Waals surface area contributed by atoms with Gasteiger partial charge in [0.05, 0.1) is 26.9 Å². The van der Waals surface area contributed by atoms with Crippen LogP contribution in [0.25, 0.3) is 11.4 Å². The molecule has 0 saturated carbocycles. The number of benzene rings is 1. The predicted octanol–water partition coefficient (Wildman–Crippen LogP) is 2.17. The number of carboxylic acids is 1. The van der Waals surface area contributed by atoms with Gasteiger partial charge in [-0.2, -0.15) is 4.98 Å². The van der Waals surface area contributed by atoms with E-state index in [-0.39, 0.29) is 6.42 Å². The second-order valence-corrected chi connectivity index (χ2v) is 4.64. The highest BCUT2D eigenvalue weighted by Crippen LogP contribution is 2.43. The lowest BCUT2D eigenvalue weighted by Crippen LogP contribution is -1.98. The number of aliphatic carboxylic acids is 1. The lowest BCUT2D eigenvalue weighted by molar-refractivity contribution is -0.137. The van der Waals surface area contributed by atoms with E-state index in [0.29, 0.717) is 47.4 Å². The van der Waals surface area contributed by atoms with Gasteiger partial charge < -0.3 is 23.8 Å². The van der Waals surface area contributed by atoms with Crippen molar-refractivity contribution in [2.24, 2.45) is 0 Å². The lowest BCUT2D eigenvalue weighted by atomic mass is 10.1. The first-order valence-electron chi connectivity index (χ1n) is 6.94. The summed E-state index contributed by atoms with van der Waals surface area (Å²) in [7, 11) is 4.55. The highest BCUT2D eigenvalue weighted by Gasteiger charge is 2.20. The Labute approximate surface area is 133 Å². The van der Waals surface area contributed by atoms with Crippen molar-refractivity contribution in [1.82, 2.24) is 10.1 Å². The van der Waals surface area contributed by atoms with Crippen LogP contribution in [-0.4, -0.2) is 42.5 Å². The molecule has 2 rings (SSSR count). The normalized spacial score (nSPS) is 10.4. The number of methoxy groups -OCH3 is 3. The molecular weight excluding hydrogens is 304 g/mol. The molecule has 2 aromatic rings. The van der Waals surface area contributed by atoms with E-state index in [2.05, 4.69) is 10.1 Å². The summed E-state index contributed by atoms with van der Waals surface area (Å²) in [6.07, 6.45) is 0.881. The molecule has 0 unspecified atom stereocenters. The molecular formula is C15H18N2O6. The first kappa shape index (κ1) is 16.6. The number of carboxylic acid groups (broad SMARTS) is 1.